The van der Waals surface area contributed by atoms with Crippen molar-refractivity contribution in [2.45, 2.75) is 0 Å². The highest BCUT2D eigenvalue weighted by Crippen LogP contribution is 2.43. The van der Waals surface area contributed by atoms with Crippen molar-refractivity contribution in [1.82, 2.24) is 5.16 Å². The number of halogens is 1. The maximum Gasteiger partial charge on any atom is 0.230 e. The Balaban J connectivity index is 2.21. The number of ether oxygens (including phenoxy) is 1. The zero-order valence-corrected chi connectivity index (χ0v) is 13.0. The number of benzene rings is 1. The van der Waals surface area contributed by atoms with Crippen molar-refractivity contribution in [3.05, 3.63) is 40.2 Å². The van der Waals surface area contributed by atoms with Gasteiger partial charge in [0, 0.05) is 5.56 Å². The predicted molar refractivity (Wildman–Crippen MR) is 83.9 cm³/mol. The summed E-state index contributed by atoms with van der Waals surface area (Å²) >= 11 is 5.02. The van der Waals surface area contributed by atoms with Crippen LogP contribution >= 0.6 is 27.3 Å². The minimum Gasteiger partial charge on any atom is -0.496 e. The average molecular weight is 351 g/mol. The van der Waals surface area contributed by atoms with E-state index in [0.29, 0.717) is 0 Å². The van der Waals surface area contributed by atoms with Gasteiger partial charge in [0.25, 0.3) is 0 Å². The molecule has 0 aliphatic rings. The first-order valence-electron chi connectivity index (χ1n) is 5.85. The summed E-state index contributed by atoms with van der Waals surface area (Å²) < 4.78 is 11.6. The van der Waals surface area contributed by atoms with Crippen molar-refractivity contribution in [3.8, 4) is 27.4 Å². The summed E-state index contributed by atoms with van der Waals surface area (Å²) in [4.78, 5) is 0.984. The van der Waals surface area contributed by atoms with Crippen LogP contribution in [-0.2, 0) is 0 Å². The molecule has 0 saturated carbocycles. The minimum atomic E-state index is 0.286. The summed E-state index contributed by atoms with van der Waals surface area (Å²) in [5.74, 6) is 1.02. The summed E-state index contributed by atoms with van der Waals surface area (Å²) in [7, 11) is 1.63. The third-order valence-electron chi connectivity index (χ3n) is 2.90. The molecule has 2 aromatic heterocycles. The minimum absolute atomic E-state index is 0.286. The van der Waals surface area contributed by atoms with Crippen LogP contribution < -0.4 is 10.5 Å². The molecule has 0 spiro atoms. The highest BCUT2D eigenvalue weighted by atomic mass is 79.9. The smallest absolute Gasteiger partial charge is 0.230 e. The molecule has 2 N–H and O–H groups in total. The Morgan fingerprint density at radius 2 is 2.05 bits per heavy atom. The largest absolute Gasteiger partial charge is 0.496 e. The van der Waals surface area contributed by atoms with E-state index in [1.807, 2.05) is 36.4 Å². The number of nitrogen functional groups attached to an aromatic ring is 1. The number of aromatic nitrogens is 1. The topological polar surface area (TPSA) is 61.3 Å². The van der Waals surface area contributed by atoms with Crippen LogP contribution in [0.15, 0.2) is 44.7 Å². The lowest BCUT2D eigenvalue weighted by Gasteiger charge is -2.07. The van der Waals surface area contributed by atoms with Crippen LogP contribution in [0.1, 0.15) is 0 Å². The fraction of sp³-hybridized carbons (Fsp3) is 0.0714. The van der Waals surface area contributed by atoms with Gasteiger partial charge < -0.3 is 15.0 Å². The first-order valence-corrected chi connectivity index (χ1v) is 7.46. The van der Waals surface area contributed by atoms with Gasteiger partial charge in [-0.3, -0.25) is 0 Å². The van der Waals surface area contributed by atoms with Gasteiger partial charge in [-0.25, -0.2) is 0 Å². The van der Waals surface area contributed by atoms with Crippen molar-refractivity contribution in [2.75, 3.05) is 12.8 Å². The lowest BCUT2D eigenvalue weighted by molar-refractivity contribution is 0.416. The van der Waals surface area contributed by atoms with Gasteiger partial charge in [0.05, 0.1) is 21.3 Å². The summed E-state index contributed by atoms with van der Waals surface area (Å²) in [6.07, 6.45) is 0. The van der Waals surface area contributed by atoms with E-state index in [-0.39, 0.29) is 5.88 Å². The Morgan fingerprint density at radius 1 is 1.25 bits per heavy atom. The lowest BCUT2D eigenvalue weighted by Crippen LogP contribution is -1.91. The van der Waals surface area contributed by atoms with Gasteiger partial charge in [-0.2, -0.15) is 0 Å². The Hall–Kier alpha value is -1.79. The molecule has 0 aliphatic heterocycles. The number of hydrogen-bond acceptors (Lipinski definition) is 5. The van der Waals surface area contributed by atoms with Crippen LogP contribution in [0.3, 0.4) is 0 Å². The molecular weight excluding hydrogens is 340 g/mol. The normalized spacial score (nSPS) is 10.7. The van der Waals surface area contributed by atoms with E-state index in [1.165, 1.54) is 0 Å². The summed E-state index contributed by atoms with van der Waals surface area (Å²) in [5, 5.41) is 4.09. The van der Waals surface area contributed by atoms with E-state index in [4.69, 9.17) is 15.0 Å². The SMILES string of the molecule is COc1ccccc1-c1c(-c2ccc(Br)s2)noc1N. The van der Waals surface area contributed by atoms with Crippen LogP contribution in [0.2, 0.25) is 0 Å². The van der Waals surface area contributed by atoms with Crippen LogP contribution in [0.5, 0.6) is 5.75 Å². The molecule has 4 nitrogen and oxygen atoms in total. The van der Waals surface area contributed by atoms with E-state index in [9.17, 15) is 0 Å². The summed E-state index contributed by atoms with van der Waals surface area (Å²) in [6, 6.07) is 11.6. The zero-order chi connectivity index (χ0) is 14.1. The lowest BCUT2D eigenvalue weighted by atomic mass is 10.0. The maximum absolute atomic E-state index is 5.95. The standard InChI is InChI=1S/C14H11BrN2O2S/c1-18-9-5-3-2-4-8(9)12-13(17-19-14(12)16)10-6-7-11(15)20-10/h2-7H,16H2,1H3. The Morgan fingerprint density at radius 3 is 2.75 bits per heavy atom. The van der Waals surface area contributed by atoms with Gasteiger partial charge in [0.2, 0.25) is 5.88 Å². The van der Waals surface area contributed by atoms with Gasteiger partial charge in [-0.1, -0.05) is 23.4 Å². The second-order valence-electron chi connectivity index (χ2n) is 4.07. The molecule has 0 atom stereocenters. The molecule has 0 unspecified atom stereocenters. The number of thiophene rings is 1. The molecule has 1 aromatic carbocycles. The molecule has 0 aliphatic carbocycles. The van der Waals surface area contributed by atoms with Gasteiger partial charge >= 0.3 is 0 Å². The number of para-hydroxylation sites is 1. The summed E-state index contributed by atoms with van der Waals surface area (Å²) in [5.41, 5.74) is 8.30. The first-order chi connectivity index (χ1) is 9.70. The molecule has 0 radical (unpaired) electrons. The van der Waals surface area contributed by atoms with Crippen LogP contribution in [0.25, 0.3) is 21.7 Å². The first kappa shape index (κ1) is 13.2. The molecule has 3 aromatic rings. The molecule has 6 heteroatoms. The third kappa shape index (κ3) is 2.21. The zero-order valence-electron chi connectivity index (χ0n) is 10.6. The Kier molecular flexibility index (Phi) is 3.50. The molecule has 0 fully saturated rings. The third-order valence-corrected chi connectivity index (χ3v) is 4.53. The quantitative estimate of drug-likeness (QED) is 0.759. The Bertz CT molecular complexity index is 751. The highest BCUT2D eigenvalue weighted by Gasteiger charge is 2.21. The molecule has 0 amide bonds. The van der Waals surface area contributed by atoms with E-state index in [0.717, 1.165) is 31.2 Å². The number of nitrogens with zero attached hydrogens (tertiary/aromatic N) is 1. The van der Waals surface area contributed by atoms with Gasteiger partial charge in [-0.05, 0) is 34.1 Å². The van der Waals surface area contributed by atoms with Crippen LogP contribution in [0, 0.1) is 0 Å². The van der Waals surface area contributed by atoms with Crippen molar-refractivity contribution < 1.29 is 9.26 Å². The van der Waals surface area contributed by atoms with E-state index >= 15 is 0 Å². The van der Waals surface area contributed by atoms with Crippen LogP contribution in [-0.4, -0.2) is 12.3 Å². The second-order valence-corrected chi connectivity index (χ2v) is 6.54. The predicted octanol–water partition coefficient (Wildman–Crippen LogP) is 4.42. The fourth-order valence-corrected chi connectivity index (χ4v) is 3.40. The molecule has 0 bridgehead atoms. The van der Waals surface area contributed by atoms with Gasteiger partial charge in [-0.15, -0.1) is 11.3 Å². The van der Waals surface area contributed by atoms with Gasteiger partial charge in [0.1, 0.15) is 11.4 Å². The molecule has 102 valence electrons. The van der Waals surface area contributed by atoms with Crippen molar-refractivity contribution in [3.63, 3.8) is 0 Å². The van der Waals surface area contributed by atoms with Crippen LogP contribution in [0.4, 0.5) is 5.88 Å². The highest BCUT2D eigenvalue weighted by molar-refractivity contribution is 9.11. The molecule has 3 rings (SSSR count). The van der Waals surface area contributed by atoms with Crippen molar-refractivity contribution in [2.24, 2.45) is 0 Å². The fourth-order valence-electron chi connectivity index (χ4n) is 2.02. The van der Waals surface area contributed by atoms with E-state index < -0.39 is 0 Å². The van der Waals surface area contributed by atoms with E-state index in [2.05, 4.69) is 21.1 Å². The van der Waals surface area contributed by atoms with Crippen molar-refractivity contribution >= 4 is 33.2 Å². The number of rotatable bonds is 3. The molecular formula is C14H11BrN2O2S. The maximum atomic E-state index is 5.95. The average Bonchev–Trinajstić information content (AvgIpc) is 3.04. The summed E-state index contributed by atoms with van der Waals surface area (Å²) in [6.45, 7) is 0. The second kappa shape index (κ2) is 5.30. The number of hydrogen-bond donors (Lipinski definition) is 1. The number of nitrogens with two attached hydrogens (primary N) is 1. The van der Waals surface area contributed by atoms with E-state index in [1.54, 1.807) is 18.4 Å². The molecule has 0 saturated heterocycles. The Labute approximate surface area is 128 Å². The number of methoxy groups -OCH3 is 1. The molecule has 2 heterocycles. The molecule has 20 heavy (non-hydrogen) atoms. The van der Waals surface area contributed by atoms with Crippen molar-refractivity contribution in [1.29, 1.82) is 0 Å². The number of anilines is 1. The monoisotopic (exact) mass is 350 g/mol. The van der Waals surface area contributed by atoms with Gasteiger partial charge in [0.15, 0.2) is 0 Å².